The van der Waals surface area contributed by atoms with Crippen molar-refractivity contribution in [2.75, 3.05) is 13.1 Å². The van der Waals surface area contributed by atoms with Crippen molar-refractivity contribution in [3.05, 3.63) is 64.9 Å². The van der Waals surface area contributed by atoms with E-state index in [1.165, 1.54) is 0 Å². The molecule has 1 aliphatic heterocycles. The van der Waals surface area contributed by atoms with Crippen LogP contribution in [0.4, 0.5) is 0 Å². The minimum Gasteiger partial charge on any atom is -0.339 e. The monoisotopic (exact) mass is 328 g/mol. The van der Waals surface area contributed by atoms with Crippen molar-refractivity contribution in [1.82, 2.24) is 9.88 Å². The maximum absolute atomic E-state index is 12.5. The van der Waals surface area contributed by atoms with Gasteiger partial charge in [-0.15, -0.1) is 0 Å². The summed E-state index contributed by atoms with van der Waals surface area (Å²) < 4.78 is 0. The van der Waals surface area contributed by atoms with Crippen molar-refractivity contribution in [3.8, 4) is 0 Å². The summed E-state index contributed by atoms with van der Waals surface area (Å²) in [5.74, 6) is 0.111. The molecule has 1 aromatic carbocycles. The van der Waals surface area contributed by atoms with Gasteiger partial charge in [0.1, 0.15) is 0 Å². The number of Topliss-reactive ketones (excluding diaryl/α,β-unsaturated/α-hetero) is 1. The number of amides is 1. The van der Waals surface area contributed by atoms with E-state index in [9.17, 15) is 9.59 Å². The van der Waals surface area contributed by atoms with E-state index in [4.69, 9.17) is 11.6 Å². The molecule has 0 radical (unpaired) electrons. The van der Waals surface area contributed by atoms with Gasteiger partial charge in [-0.3, -0.25) is 14.6 Å². The van der Waals surface area contributed by atoms with Gasteiger partial charge in [-0.25, -0.2) is 0 Å². The van der Waals surface area contributed by atoms with Crippen molar-refractivity contribution in [2.24, 2.45) is 5.92 Å². The summed E-state index contributed by atoms with van der Waals surface area (Å²) in [5, 5.41) is 0.624. The first-order chi connectivity index (χ1) is 11.1. The number of nitrogens with zero attached hydrogens (tertiary/aromatic N) is 2. The van der Waals surface area contributed by atoms with Gasteiger partial charge in [0.25, 0.3) is 5.91 Å². The van der Waals surface area contributed by atoms with Gasteiger partial charge in [-0.05, 0) is 49.2 Å². The third kappa shape index (κ3) is 3.59. The Morgan fingerprint density at radius 3 is 2.17 bits per heavy atom. The Labute approximate surface area is 140 Å². The lowest BCUT2D eigenvalue weighted by Gasteiger charge is -2.31. The zero-order valence-electron chi connectivity index (χ0n) is 12.6. The molecule has 0 bridgehead atoms. The number of hydrogen-bond donors (Lipinski definition) is 0. The van der Waals surface area contributed by atoms with E-state index in [1.807, 2.05) is 0 Å². The number of piperidine rings is 1. The van der Waals surface area contributed by atoms with Gasteiger partial charge in [0.15, 0.2) is 5.78 Å². The van der Waals surface area contributed by atoms with Crippen LogP contribution in [0.1, 0.15) is 33.6 Å². The molecule has 1 aromatic heterocycles. The number of carbonyl (C=O) groups is 2. The van der Waals surface area contributed by atoms with Gasteiger partial charge in [-0.2, -0.15) is 0 Å². The van der Waals surface area contributed by atoms with Crippen LogP contribution in [0.5, 0.6) is 0 Å². The van der Waals surface area contributed by atoms with Crippen LogP contribution >= 0.6 is 11.6 Å². The first-order valence-corrected chi connectivity index (χ1v) is 8.02. The number of likely N-dealkylation sites (tertiary alicyclic amines) is 1. The summed E-state index contributed by atoms with van der Waals surface area (Å²) in [5.41, 5.74) is 1.33. The van der Waals surface area contributed by atoms with Crippen LogP contribution in [0.3, 0.4) is 0 Å². The Hall–Kier alpha value is -2.20. The molecule has 1 aliphatic rings. The van der Waals surface area contributed by atoms with E-state index >= 15 is 0 Å². The highest BCUT2D eigenvalue weighted by Crippen LogP contribution is 2.23. The second-order valence-electron chi connectivity index (χ2n) is 5.67. The number of aromatic nitrogens is 1. The number of carbonyl (C=O) groups excluding carboxylic acids is 2. The van der Waals surface area contributed by atoms with E-state index in [2.05, 4.69) is 4.98 Å². The van der Waals surface area contributed by atoms with E-state index in [0.717, 1.165) is 0 Å². The Balaban J connectivity index is 1.61. The van der Waals surface area contributed by atoms with Gasteiger partial charge in [-0.1, -0.05) is 11.6 Å². The fraction of sp³-hybridized carbons (Fsp3) is 0.278. The number of rotatable bonds is 3. The van der Waals surface area contributed by atoms with E-state index in [1.54, 1.807) is 53.7 Å². The number of pyridine rings is 1. The third-order valence-electron chi connectivity index (χ3n) is 4.21. The number of benzene rings is 1. The lowest BCUT2D eigenvalue weighted by atomic mass is 9.88. The Morgan fingerprint density at radius 1 is 0.957 bits per heavy atom. The molecule has 0 spiro atoms. The van der Waals surface area contributed by atoms with Gasteiger partial charge in [0.2, 0.25) is 0 Å². The highest BCUT2D eigenvalue weighted by molar-refractivity contribution is 6.30. The molecule has 0 unspecified atom stereocenters. The Morgan fingerprint density at radius 2 is 1.57 bits per heavy atom. The standard InChI is InChI=1S/C18H17ClN2O2/c19-16-3-1-13(2-4-16)17(22)14-7-11-21(12-8-14)18(23)15-5-9-20-10-6-15/h1-6,9-10,14H,7-8,11-12H2. The molecule has 5 heteroatoms. The molecule has 1 fully saturated rings. The van der Waals surface area contributed by atoms with E-state index in [-0.39, 0.29) is 17.6 Å². The van der Waals surface area contributed by atoms with Crippen LogP contribution in [0.15, 0.2) is 48.8 Å². The van der Waals surface area contributed by atoms with E-state index in [0.29, 0.717) is 42.1 Å². The molecular formula is C18H17ClN2O2. The predicted octanol–water partition coefficient (Wildman–Crippen LogP) is 3.47. The lowest BCUT2D eigenvalue weighted by Crippen LogP contribution is -2.40. The topological polar surface area (TPSA) is 50.3 Å². The molecule has 1 amide bonds. The van der Waals surface area contributed by atoms with Crippen molar-refractivity contribution in [1.29, 1.82) is 0 Å². The zero-order valence-corrected chi connectivity index (χ0v) is 13.4. The Bertz CT molecular complexity index is 693. The first kappa shape index (κ1) is 15.7. The van der Waals surface area contributed by atoms with Crippen LogP contribution in [-0.4, -0.2) is 34.7 Å². The molecular weight excluding hydrogens is 312 g/mol. The van der Waals surface area contributed by atoms with Crippen LogP contribution in [-0.2, 0) is 0 Å². The fourth-order valence-corrected chi connectivity index (χ4v) is 3.00. The summed E-state index contributed by atoms with van der Waals surface area (Å²) in [6.45, 7) is 1.20. The smallest absolute Gasteiger partial charge is 0.253 e. The summed E-state index contributed by atoms with van der Waals surface area (Å²) in [4.78, 5) is 30.6. The number of hydrogen-bond acceptors (Lipinski definition) is 3. The van der Waals surface area contributed by atoms with Crippen LogP contribution in [0, 0.1) is 5.92 Å². The first-order valence-electron chi connectivity index (χ1n) is 7.64. The van der Waals surface area contributed by atoms with Gasteiger partial charge in [0.05, 0.1) is 0 Å². The van der Waals surface area contributed by atoms with Crippen LogP contribution < -0.4 is 0 Å². The highest BCUT2D eigenvalue weighted by atomic mass is 35.5. The number of ketones is 1. The summed E-state index contributed by atoms with van der Waals surface area (Å²) >= 11 is 5.85. The van der Waals surface area contributed by atoms with Crippen molar-refractivity contribution in [3.63, 3.8) is 0 Å². The molecule has 2 aromatic rings. The lowest BCUT2D eigenvalue weighted by molar-refractivity contribution is 0.0650. The maximum atomic E-state index is 12.5. The maximum Gasteiger partial charge on any atom is 0.253 e. The molecule has 3 rings (SSSR count). The quantitative estimate of drug-likeness (QED) is 0.811. The molecule has 0 atom stereocenters. The molecule has 0 saturated carbocycles. The minimum absolute atomic E-state index is 0.00444. The minimum atomic E-state index is -0.0299. The largest absolute Gasteiger partial charge is 0.339 e. The summed E-state index contributed by atoms with van der Waals surface area (Å²) in [6.07, 6.45) is 4.62. The second kappa shape index (κ2) is 6.92. The van der Waals surface area contributed by atoms with Crippen molar-refractivity contribution >= 4 is 23.3 Å². The molecule has 23 heavy (non-hydrogen) atoms. The van der Waals surface area contributed by atoms with Gasteiger partial charge >= 0.3 is 0 Å². The average molecular weight is 329 g/mol. The molecule has 4 nitrogen and oxygen atoms in total. The van der Waals surface area contributed by atoms with Crippen LogP contribution in [0.2, 0.25) is 5.02 Å². The molecule has 0 N–H and O–H groups in total. The average Bonchev–Trinajstić information content (AvgIpc) is 2.62. The van der Waals surface area contributed by atoms with Gasteiger partial charge < -0.3 is 4.90 Å². The zero-order chi connectivity index (χ0) is 16.2. The van der Waals surface area contributed by atoms with Gasteiger partial charge in [0, 0.05) is 47.6 Å². The SMILES string of the molecule is O=C(c1ccc(Cl)cc1)C1CCN(C(=O)c2ccncc2)CC1. The molecule has 0 aliphatic carbocycles. The highest BCUT2D eigenvalue weighted by Gasteiger charge is 2.28. The van der Waals surface area contributed by atoms with E-state index < -0.39 is 0 Å². The summed E-state index contributed by atoms with van der Waals surface area (Å²) in [7, 11) is 0. The molecule has 1 saturated heterocycles. The van der Waals surface area contributed by atoms with Crippen molar-refractivity contribution in [2.45, 2.75) is 12.8 Å². The predicted molar refractivity (Wildman–Crippen MR) is 88.6 cm³/mol. The van der Waals surface area contributed by atoms with Crippen LogP contribution in [0.25, 0.3) is 0 Å². The normalized spacial score (nSPS) is 15.4. The van der Waals surface area contributed by atoms with Crippen molar-refractivity contribution < 1.29 is 9.59 Å². The summed E-state index contributed by atoms with van der Waals surface area (Å²) in [6, 6.07) is 10.4. The fourth-order valence-electron chi connectivity index (χ4n) is 2.87. The number of halogens is 1. The Kier molecular flexibility index (Phi) is 4.72. The molecule has 118 valence electrons. The molecule has 2 heterocycles. The second-order valence-corrected chi connectivity index (χ2v) is 6.11. The third-order valence-corrected chi connectivity index (χ3v) is 4.46.